The Morgan fingerprint density at radius 3 is 2.74 bits per heavy atom. The number of fused-ring (bicyclic) bond motifs is 5. The molecule has 0 aromatic heterocycles. The van der Waals surface area contributed by atoms with Crippen LogP contribution in [0.2, 0.25) is 0 Å². The van der Waals surface area contributed by atoms with Crippen LogP contribution in [0.5, 0.6) is 5.75 Å². The van der Waals surface area contributed by atoms with Gasteiger partial charge in [-0.2, -0.15) is 0 Å². The smallest absolute Gasteiger partial charge is 0.116 e. The number of hydrogen-bond donors (Lipinski definition) is 3. The van der Waals surface area contributed by atoms with E-state index in [-0.39, 0.29) is 11.2 Å². The van der Waals surface area contributed by atoms with E-state index in [0.717, 1.165) is 43.4 Å². The van der Waals surface area contributed by atoms with Crippen molar-refractivity contribution in [1.29, 1.82) is 0 Å². The number of oxime groups is 2. The van der Waals surface area contributed by atoms with E-state index in [1.165, 1.54) is 5.56 Å². The highest BCUT2D eigenvalue weighted by atomic mass is 16.4. The minimum atomic E-state index is -0.0368. The molecular formula is C18H22N2O3. The fraction of sp³-hybridized carbons (Fsp3) is 0.556. The molecule has 2 saturated carbocycles. The van der Waals surface area contributed by atoms with Crippen molar-refractivity contribution in [2.24, 2.45) is 27.6 Å². The van der Waals surface area contributed by atoms with Crippen molar-refractivity contribution < 1.29 is 15.5 Å². The Kier molecular flexibility index (Phi) is 3.15. The fourth-order valence-corrected chi connectivity index (χ4v) is 5.46. The monoisotopic (exact) mass is 314 g/mol. The molecule has 0 amide bonds. The van der Waals surface area contributed by atoms with Crippen LogP contribution < -0.4 is 0 Å². The summed E-state index contributed by atoms with van der Waals surface area (Å²) in [7, 11) is 0. The lowest BCUT2D eigenvalue weighted by Gasteiger charge is -2.48. The van der Waals surface area contributed by atoms with Gasteiger partial charge in [-0.05, 0) is 67.6 Å². The van der Waals surface area contributed by atoms with Gasteiger partial charge in [-0.1, -0.05) is 23.3 Å². The van der Waals surface area contributed by atoms with Gasteiger partial charge in [-0.3, -0.25) is 0 Å². The van der Waals surface area contributed by atoms with Crippen LogP contribution in [0.4, 0.5) is 0 Å². The SMILES string of the molecule is C[C@]12CC[C@@H]3c4ccc(O)cc4/C(=N\O)C[C@H]3[C@@H]1CC/C2=N\O. The molecule has 3 aliphatic rings. The van der Waals surface area contributed by atoms with E-state index in [2.05, 4.69) is 17.2 Å². The number of nitrogens with zero attached hydrogens (tertiary/aromatic N) is 2. The van der Waals surface area contributed by atoms with Crippen LogP contribution in [0.15, 0.2) is 28.5 Å². The Bertz CT molecular complexity index is 712. The zero-order valence-electron chi connectivity index (χ0n) is 13.2. The lowest BCUT2D eigenvalue weighted by atomic mass is 9.55. The normalized spacial score (nSPS) is 39.1. The van der Waals surface area contributed by atoms with Gasteiger partial charge in [0.25, 0.3) is 0 Å². The van der Waals surface area contributed by atoms with Gasteiger partial charge in [-0.25, -0.2) is 0 Å². The number of hydrogen-bond acceptors (Lipinski definition) is 5. The van der Waals surface area contributed by atoms with Gasteiger partial charge in [0.05, 0.1) is 11.4 Å². The van der Waals surface area contributed by atoms with Crippen LogP contribution in [-0.4, -0.2) is 26.9 Å². The molecule has 4 rings (SSSR count). The Labute approximate surface area is 135 Å². The fourth-order valence-electron chi connectivity index (χ4n) is 5.46. The molecule has 0 heterocycles. The predicted molar refractivity (Wildman–Crippen MR) is 86.6 cm³/mol. The van der Waals surface area contributed by atoms with Gasteiger partial charge in [0.15, 0.2) is 0 Å². The zero-order valence-corrected chi connectivity index (χ0v) is 13.2. The molecule has 3 N–H and O–H groups in total. The summed E-state index contributed by atoms with van der Waals surface area (Å²) in [5.41, 5.74) is 3.62. The van der Waals surface area contributed by atoms with Gasteiger partial charge < -0.3 is 15.5 Å². The van der Waals surface area contributed by atoms with E-state index < -0.39 is 0 Å². The average molecular weight is 314 g/mol. The minimum Gasteiger partial charge on any atom is -0.508 e. The Hall–Kier alpha value is -2.04. The molecule has 0 spiro atoms. The predicted octanol–water partition coefficient (Wildman–Crippen LogP) is 3.71. The van der Waals surface area contributed by atoms with Gasteiger partial charge in [0.2, 0.25) is 0 Å². The van der Waals surface area contributed by atoms with Crippen LogP contribution in [0.1, 0.15) is 56.1 Å². The van der Waals surface area contributed by atoms with Crippen LogP contribution >= 0.6 is 0 Å². The van der Waals surface area contributed by atoms with E-state index in [4.69, 9.17) is 0 Å². The first-order valence-electron chi connectivity index (χ1n) is 8.34. The Morgan fingerprint density at radius 1 is 1.17 bits per heavy atom. The van der Waals surface area contributed by atoms with Crippen molar-refractivity contribution >= 4 is 11.4 Å². The Morgan fingerprint density at radius 2 is 2.00 bits per heavy atom. The second-order valence-electron chi connectivity index (χ2n) is 7.44. The van der Waals surface area contributed by atoms with Crippen molar-refractivity contribution in [2.75, 3.05) is 0 Å². The zero-order chi connectivity index (χ0) is 16.2. The Balaban J connectivity index is 1.79. The molecule has 0 saturated heterocycles. The number of aromatic hydroxyl groups is 1. The van der Waals surface area contributed by atoms with E-state index >= 15 is 0 Å². The van der Waals surface area contributed by atoms with Crippen LogP contribution in [0.3, 0.4) is 0 Å². The summed E-state index contributed by atoms with van der Waals surface area (Å²) in [5.74, 6) is 1.48. The molecule has 0 radical (unpaired) electrons. The average Bonchev–Trinajstić information content (AvgIpc) is 2.90. The van der Waals surface area contributed by atoms with Crippen molar-refractivity contribution in [3.63, 3.8) is 0 Å². The molecular weight excluding hydrogens is 292 g/mol. The molecule has 4 atom stereocenters. The maximum Gasteiger partial charge on any atom is 0.116 e. The summed E-state index contributed by atoms with van der Waals surface area (Å²) < 4.78 is 0. The first-order chi connectivity index (χ1) is 11.1. The van der Waals surface area contributed by atoms with E-state index in [0.29, 0.717) is 23.5 Å². The quantitative estimate of drug-likeness (QED) is 0.504. The molecule has 122 valence electrons. The van der Waals surface area contributed by atoms with Crippen molar-refractivity contribution in [1.82, 2.24) is 0 Å². The highest BCUT2D eigenvalue weighted by Gasteiger charge is 2.54. The third-order valence-electron chi connectivity index (χ3n) is 6.60. The molecule has 0 unspecified atom stereocenters. The summed E-state index contributed by atoms with van der Waals surface area (Å²) >= 11 is 0. The molecule has 2 fully saturated rings. The molecule has 3 aliphatic carbocycles. The number of phenolic OH excluding ortho intramolecular Hbond substituents is 1. The first kappa shape index (κ1) is 14.5. The highest BCUT2D eigenvalue weighted by Crippen LogP contribution is 2.59. The molecule has 0 aliphatic heterocycles. The molecule has 5 heteroatoms. The second kappa shape index (κ2) is 4.98. The molecule has 23 heavy (non-hydrogen) atoms. The third-order valence-corrected chi connectivity index (χ3v) is 6.60. The largest absolute Gasteiger partial charge is 0.508 e. The van der Waals surface area contributed by atoms with Gasteiger partial charge in [0.1, 0.15) is 5.75 Å². The standard InChI is InChI=1S/C18H22N2O3/c1-18-7-6-12-11-3-2-10(21)8-14(11)16(19-22)9-13(12)15(18)4-5-17(18)20-23/h2-3,8,12-13,15,21-23H,4-7,9H2,1H3/b19-16-,20-17+/t12-,13-,15+,18+/m1/s1. The lowest BCUT2D eigenvalue weighted by molar-refractivity contribution is 0.108. The first-order valence-corrected chi connectivity index (χ1v) is 8.34. The summed E-state index contributed by atoms with van der Waals surface area (Å²) in [6.45, 7) is 2.22. The second-order valence-corrected chi connectivity index (χ2v) is 7.44. The summed E-state index contributed by atoms with van der Waals surface area (Å²) in [4.78, 5) is 0. The molecule has 1 aromatic carbocycles. The van der Waals surface area contributed by atoms with Crippen molar-refractivity contribution in [2.45, 2.75) is 44.9 Å². The maximum atomic E-state index is 9.78. The van der Waals surface area contributed by atoms with Crippen LogP contribution in [-0.2, 0) is 0 Å². The lowest BCUT2D eigenvalue weighted by Crippen LogP contribution is -2.43. The summed E-state index contributed by atoms with van der Waals surface area (Å²) in [6.07, 6.45) is 4.66. The van der Waals surface area contributed by atoms with Crippen molar-refractivity contribution in [3.05, 3.63) is 29.3 Å². The topological polar surface area (TPSA) is 85.4 Å². The van der Waals surface area contributed by atoms with Crippen LogP contribution in [0.25, 0.3) is 0 Å². The van der Waals surface area contributed by atoms with E-state index in [1.54, 1.807) is 12.1 Å². The number of benzene rings is 1. The number of phenols is 1. The van der Waals surface area contributed by atoms with E-state index in [9.17, 15) is 15.5 Å². The molecule has 5 nitrogen and oxygen atoms in total. The van der Waals surface area contributed by atoms with Gasteiger partial charge in [-0.15, -0.1) is 0 Å². The number of rotatable bonds is 0. The van der Waals surface area contributed by atoms with E-state index in [1.807, 2.05) is 6.07 Å². The van der Waals surface area contributed by atoms with Gasteiger partial charge >= 0.3 is 0 Å². The van der Waals surface area contributed by atoms with Gasteiger partial charge in [0, 0.05) is 11.0 Å². The van der Waals surface area contributed by atoms with Crippen LogP contribution in [0, 0.1) is 17.3 Å². The van der Waals surface area contributed by atoms with Crippen molar-refractivity contribution in [3.8, 4) is 5.75 Å². The summed E-state index contributed by atoms with van der Waals surface area (Å²) in [5, 5.41) is 35.7. The minimum absolute atomic E-state index is 0.0368. The maximum absolute atomic E-state index is 9.78. The highest BCUT2D eigenvalue weighted by molar-refractivity contribution is 6.03. The molecule has 1 aromatic rings. The third kappa shape index (κ3) is 1.92. The summed E-state index contributed by atoms with van der Waals surface area (Å²) in [6, 6.07) is 5.41. The molecule has 0 bridgehead atoms.